The summed E-state index contributed by atoms with van der Waals surface area (Å²) in [5.74, 6) is -0.836. The van der Waals surface area contributed by atoms with Gasteiger partial charge in [0, 0.05) is 23.1 Å². The summed E-state index contributed by atoms with van der Waals surface area (Å²) in [5, 5.41) is 3.71. The lowest BCUT2D eigenvalue weighted by molar-refractivity contribution is -0.140. The van der Waals surface area contributed by atoms with Crippen LogP contribution in [0.2, 0.25) is 10.0 Å². The number of hydrogen-bond acceptors (Lipinski definition) is 4. The van der Waals surface area contributed by atoms with Gasteiger partial charge in [0.05, 0.1) is 10.6 Å². The molecule has 0 bridgehead atoms. The van der Waals surface area contributed by atoms with E-state index in [0.29, 0.717) is 34.3 Å². The summed E-state index contributed by atoms with van der Waals surface area (Å²) in [6, 6.07) is 16.0. The van der Waals surface area contributed by atoms with Gasteiger partial charge in [0.2, 0.25) is 11.8 Å². The summed E-state index contributed by atoms with van der Waals surface area (Å²) >= 11 is 12.6. The average Bonchev–Trinajstić information content (AvgIpc) is 2.92. The van der Waals surface area contributed by atoms with Gasteiger partial charge in [-0.05, 0) is 86.7 Å². The maximum Gasteiger partial charge on any atom is 0.264 e. The van der Waals surface area contributed by atoms with E-state index < -0.39 is 28.5 Å². The third kappa shape index (κ3) is 8.49. The van der Waals surface area contributed by atoms with Crippen LogP contribution in [0.4, 0.5) is 5.69 Å². The summed E-state index contributed by atoms with van der Waals surface area (Å²) in [4.78, 5) is 29.0. The van der Waals surface area contributed by atoms with Crippen molar-refractivity contribution in [2.45, 2.75) is 71.4 Å². The van der Waals surface area contributed by atoms with Gasteiger partial charge in [0.1, 0.15) is 12.6 Å². The van der Waals surface area contributed by atoms with Gasteiger partial charge >= 0.3 is 0 Å². The van der Waals surface area contributed by atoms with E-state index in [4.69, 9.17) is 23.2 Å². The van der Waals surface area contributed by atoms with E-state index in [2.05, 4.69) is 5.32 Å². The monoisotopic (exact) mass is 631 g/mol. The fraction of sp³-hybridized carbons (Fsp3) is 0.375. The van der Waals surface area contributed by atoms with Crippen molar-refractivity contribution >= 4 is 50.7 Å². The number of aryl methyl sites for hydroxylation is 3. The van der Waals surface area contributed by atoms with E-state index >= 15 is 0 Å². The maximum absolute atomic E-state index is 14.2. The summed E-state index contributed by atoms with van der Waals surface area (Å²) in [6.07, 6.45) is 2.03. The smallest absolute Gasteiger partial charge is 0.264 e. The zero-order valence-corrected chi connectivity index (χ0v) is 27.1. The molecule has 7 nitrogen and oxygen atoms in total. The number of carbonyl (C=O) groups excluding carboxylic acids is 2. The van der Waals surface area contributed by atoms with Gasteiger partial charge in [-0.1, -0.05) is 73.3 Å². The predicted molar refractivity (Wildman–Crippen MR) is 171 cm³/mol. The largest absolute Gasteiger partial charge is 0.354 e. The molecule has 1 unspecified atom stereocenters. The van der Waals surface area contributed by atoms with Crippen molar-refractivity contribution in [3.63, 3.8) is 0 Å². The predicted octanol–water partition coefficient (Wildman–Crippen LogP) is 6.84. The summed E-state index contributed by atoms with van der Waals surface area (Å²) < 4.78 is 29.2. The van der Waals surface area contributed by atoms with E-state index in [1.54, 1.807) is 42.5 Å². The van der Waals surface area contributed by atoms with Gasteiger partial charge in [0.15, 0.2) is 0 Å². The third-order valence-corrected chi connectivity index (χ3v) is 9.33. The van der Waals surface area contributed by atoms with E-state index in [1.165, 1.54) is 17.0 Å². The van der Waals surface area contributed by atoms with Gasteiger partial charge in [-0.25, -0.2) is 8.42 Å². The molecule has 0 saturated carbocycles. The first-order valence-corrected chi connectivity index (χ1v) is 16.3. The topological polar surface area (TPSA) is 86.8 Å². The lowest BCUT2D eigenvalue weighted by Crippen LogP contribution is -2.52. The highest BCUT2D eigenvalue weighted by atomic mass is 35.5. The number of hydrogen-bond donors (Lipinski definition) is 1. The van der Waals surface area contributed by atoms with Crippen LogP contribution in [0, 0.1) is 20.8 Å². The normalized spacial score (nSPS) is 12.1. The molecule has 226 valence electrons. The Bertz CT molecular complexity index is 1490. The Kier molecular flexibility index (Phi) is 11.9. The Hall–Kier alpha value is -3.07. The fourth-order valence-electron chi connectivity index (χ4n) is 4.72. The molecule has 0 aliphatic heterocycles. The first kappa shape index (κ1) is 33.4. The summed E-state index contributed by atoms with van der Waals surface area (Å²) in [7, 11) is -4.15. The molecular weight excluding hydrogens is 593 g/mol. The first-order chi connectivity index (χ1) is 19.9. The molecule has 0 aliphatic carbocycles. The van der Waals surface area contributed by atoms with E-state index in [9.17, 15) is 18.0 Å². The Balaban J connectivity index is 2.09. The maximum atomic E-state index is 14.2. The van der Waals surface area contributed by atoms with Gasteiger partial charge in [-0.15, -0.1) is 0 Å². The van der Waals surface area contributed by atoms with E-state index in [0.717, 1.165) is 33.8 Å². The molecule has 3 aromatic carbocycles. The molecule has 0 aliphatic rings. The number of nitrogens with one attached hydrogen (secondary N) is 1. The average molecular weight is 633 g/mol. The van der Waals surface area contributed by atoms with Crippen molar-refractivity contribution in [1.82, 2.24) is 10.2 Å². The van der Waals surface area contributed by atoms with E-state index in [1.807, 2.05) is 40.7 Å². The molecule has 0 radical (unpaired) electrons. The van der Waals surface area contributed by atoms with Crippen molar-refractivity contribution < 1.29 is 18.0 Å². The van der Waals surface area contributed by atoms with Crippen molar-refractivity contribution in [1.29, 1.82) is 0 Å². The zero-order chi connectivity index (χ0) is 31.0. The molecule has 2 amide bonds. The summed E-state index contributed by atoms with van der Waals surface area (Å²) in [5.41, 5.74) is 3.58. The van der Waals surface area contributed by atoms with Crippen molar-refractivity contribution in [2.24, 2.45) is 0 Å². The second-order valence-corrected chi connectivity index (χ2v) is 13.2. The number of carbonyl (C=O) groups is 2. The number of amides is 2. The molecular formula is C32H39Cl2N3O4S. The van der Waals surface area contributed by atoms with Crippen LogP contribution >= 0.6 is 23.2 Å². The minimum Gasteiger partial charge on any atom is -0.354 e. The highest BCUT2D eigenvalue weighted by Gasteiger charge is 2.34. The van der Waals surface area contributed by atoms with Crippen LogP contribution in [0.15, 0.2) is 65.6 Å². The van der Waals surface area contributed by atoms with Crippen LogP contribution in [0.1, 0.15) is 55.4 Å². The Labute approximate surface area is 259 Å². The fourth-order valence-corrected chi connectivity index (χ4v) is 6.59. The van der Waals surface area contributed by atoms with Gasteiger partial charge in [0.25, 0.3) is 10.0 Å². The second-order valence-electron chi connectivity index (χ2n) is 10.5. The molecule has 0 heterocycles. The van der Waals surface area contributed by atoms with Crippen LogP contribution in [0.5, 0.6) is 0 Å². The third-order valence-electron chi connectivity index (χ3n) is 6.95. The summed E-state index contributed by atoms with van der Waals surface area (Å²) in [6.45, 7) is 9.43. The highest BCUT2D eigenvalue weighted by molar-refractivity contribution is 7.92. The standard InChI is InChI=1S/C32H39Cl2N3O4S/c1-6-8-15-35-32(39)30(7-2)36(20-25-11-12-26(33)19-29(25)34)31(38)21-37(27-17-23(4)16-24(5)18-27)42(40,41)28-13-9-22(3)10-14-28/h9-14,16-19,30H,6-8,15,20-21H2,1-5H3,(H,35,39). The first-order valence-electron chi connectivity index (χ1n) is 14.1. The van der Waals surface area contributed by atoms with Crippen molar-refractivity contribution in [2.75, 3.05) is 17.4 Å². The highest BCUT2D eigenvalue weighted by Crippen LogP contribution is 2.28. The molecule has 0 aromatic heterocycles. The zero-order valence-electron chi connectivity index (χ0n) is 24.8. The van der Waals surface area contributed by atoms with Gasteiger partial charge in [-0.3, -0.25) is 13.9 Å². The molecule has 0 spiro atoms. The number of rotatable bonds is 13. The van der Waals surface area contributed by atoms with Crippen molar-refractivity contribution in [3.05, 3.63) is 93.0 Å². The molecule has 0 fully saturated rings. The van der Waals surface area contributed by atoms with Crippen LogP contribution in [0.25, 0.3) is 0 Å². The molecule has 42 heavy (non-hydrogen) atoms. The lowest BCUT2D eigenvalue weighted by Gasteiger charge is -2.33. The second kappa shape index (κ2) is 14.9. The quantitative estimate of drug-likeness (QED) is 0.209. The molecule has 1 N–H and O–H groups in total. The SMILES string of the molecule is CCCCNC(=O)C(CC)N(Cc1ccc(Cl)cc1Cl)C(=O)CN(c1cc(C)cc(C)c1)S(=O)(=O)c1ccc(C)cc1. The number of sulfonamides is 1. The number of anilines is 1. The molecule has 1 atom stereocenters. The number of halogens is 2. The van der Waals surface area contributed by atoms with Gasteiger partial charge < -0.3 is 10.2 Å². The van der Waals surface area contributed by atoms with Gasteiger partial charge in [-0.2, -0.15) is 0 Å². The Morgan fingerprint density at radius 2 is 1.52 bits per heavy atom. The minimum absolute atomic E-state index is 0.000194. The van der Waals surface area contributed by atoms with Crippen LogP contribution in [-0.4, -0.2) is 44.3 Å². The van der Waals surface area contributed by atoms with Crippen molar-refractivity contribution in [3.8, 4) is 0 Å². The minimum atomic E-state index is -4.15. The van der Waals surface area contributed by atoms with Crippen LogP contribution < -0.4 is 9.62 Å². The Morgan fingerprint density at radius 3 is 2.10 bits per heavy atom. The molecule has 3 rings (SSSR count). The molecule has 3 aromatic rings. The van der Waals surface area contributed by atoms with E-state index in [-0.39, 0.29) is 17.3 Å². The number of nitrogens with zero attached hydrogens (tertiary/aromatic N) is 2. The Morgan fingerprint density at radius 1 is 0.881 bits per heavy atom. The lowest BCUT2D eigenvalue weighted by atomic mass is 10.1. The molecule has 10 heteroatoms. The number of benzene rings is 3. The molecule has 0 saturated heterocycles. The number of unbranched alkanes of at least 4 members (excludes halogenated alkanes) is 1. The van der Waals surface area contributed by atoms with Crippen LogP contribution in [-0.2, 0) is 26.2 Å². The van der Waals surface area contributed by atoms with Crippen LogP contribution in [0.3, 0.4) is 0 Å².